The largest absolute Gasteiger partial charge is 0.394 e. The molecule has 0 saturated carbocycles. The first-order valence-electron chi connectivity index (χ1n) is 12.0. The molecule has 0 aromatic heterocycles. The Balaban J connectivity index is 1.52. The Hall–Kier alpha value is -2.46. The minimum absolute atomic E-state index is 0.215. The zero-order valence-electron chi connectivity index (χ0n) is 19.6. The predicted molar refractivity (Wildman–Crippen MR) is 139 cm³/mol. The molecule has 2 aromatic rings. The Bertz CT molecular complexity index is 1160. The third-order valence-electron chi connectivity index (χ3n) is 7.51. The fraction of sp³-hybridized carbons (Fsp3) is 0.423. The number of amides is 3. The lowest BCUT2D eigenvalue weighted by Gasteiger charge is -2.36. The molecule has 3 heterocycles. The van der Waals surface area contributed by atoms with Gasteiger partial charge in [-0.15, -0.1) is 0 Å². The summed E-state index contributed by atoms with van der Waals surface area (Å²) in [5.41, 5.74) is -0.0603. The van der Waals surface area contributed by atoms with Crippen LogP contribution in [0, 0.1) is 11.8 Å². The highest BCUT2D eigenvalue weighted by Crippen LogP contribution is 2.60. The second-order valence-corrected chi connectivity index (χ2v) is 11.1. The standard InChI is InChI=1S/C26H27BrClN3O5/c1-2-17(13-32)31-22(24(34)30-16-10-8-14(28)9-11-16)26-12-18(27)21(36-26)19(20(26)25(31)35)23(33)29-15-6-4-3-5-7-15/h3-11,17-22,32H,2,12-13H2,1H3,(H,29,33)(H,30,34)/t17-,18?,19+,20-,21+,22?,26?/m0/s1. The third-order valence-corrected chi connectivity index (χ3v) is 8.60. The first-order valence-corrected chi connectivity index (χ1v) is 13.3. The lowest BCUT2D eigenvalue weighted by atomic mass is 9.70. The van der Waals surface area contributed by atoms with Crippen molar-refractivity contribution in [2.24, 2.45) is 11.8 Å². The van der Waals surface area contributed by atoms with Crippen molar-refractivity contribution < 1.29 is 24.2 Å². The quantitative estimate of drug-likeness (QED) is 0.438. The van der Waals surface area contributed by atoms with Crippen LogP contribution in [0.3, 0.4) is 0 Å². The molecule has 3 aliphatic heterocycles. The number of nitrogens with zero attached hydrogens (tertiary/aromatic N) is 1. The van der Waals surface area contributed by atoms with E-state index in [0.717, 1.165) is 0 Å². The van der Waals surface area contributed by atoms with E-state index in [1.807, 2.05) is 25.1 Å². The highest BCUT2D eigenvalue weighted by atomic mass is 79.9. The molecule has 3 N–H and O–H groups in total. The number of alkyl halides is 1. The smallest absolute Gasteiger partial charge is 0.250 e. The van der Waals surface area contributed by atoms with Crippen molar-refractivity contribution in [1.82, 2.24) is 4.90 Å². The van der Waals surface area contributed by atoms with Crippen LogP contribution in [0.15, 0.2) is 54.6 Å². The number of hydrogen-bond donors (Lipinski definition) is 3. The van der Waals surface area contributed by atoms with Crippen molar-refractivity contribution in [2.45, 2.75) is 48.4 Å². The zero-order valence-corrected chi connectivity index (χ0v) is 21.9. The molecule has 8 nitrogen and oxygen atoms in total. The van der Waals surface area contributed by atoms with Crippen LogP contribution in [0.4, 0.5) is 11.4 Å². The van der Waals surface area contributed by atoms with E-state index in [2.05, 4.69) is 26.6 Å². The fourth-order valence-electron chi connectivity index (χ4n) is 5.96. The lowest BCUT2D eigenvalue weighted by molar-refractivity contribution is -0.143. The molecule has 1 spiro atoms. The van der Waals surface area contributed by atoms with Crippen molar-refractivity contribution in [3.8, 4) is 0 Å². The Kier molecular flexibility index (Phi) is 6.84. The Morgan fingerprint density at radius 1 is 1.14 bits per heavy atom. The minimum atomic E-state index is -1.20. The Labute approximate surface area is 222 Å². The van der Waals surface area contributed by atoms with E-state index >= 15 is 0 Å². The highest BCUT2D eigenvalue weighted by molar-refractivity contribution is 9.09. The van der Waals surface area contributed by atoms with E-state index in [0.29, 0.717) is 29.2 Å². The molecular weight excluding hydrogens is 550 g/mol. The summed E-state index contributed by atoms with van der Waals surface area (Å²) in [6.45, 7) is 1.54. The molecule has 3 aliphatic rings. The number of nitrogens with one attached hydrogen (secondary N) is 2. The minimum Gasteiger partial charge on any atom is -0.394 e. The summed E-state index contributed by atoms with van der Waals surface area (Å²) >= 11 is 9.64. The summed E-state index contributed by atoms with van der Waals surface area (Å²) in [6.07, 6.45) is 0.266. The number of aliphatic hydroxyl groups is 1. The molecular formula is C26H27BrClN3O5. The van der Waals surface area contributed by atoms with Crippen LogP contribution in [-0.4, -0.2) is 63.0 Å². The zero-order chi connectivity index (χ0) is 25.6. The van der Waals surface area contributed by atoms with E-state index in [4.69, 9.17) is 16.3 Å². The summed E-state index contributed by atoms with van der Waals surface area (Å²) in [7, 11) is 0. The van der Waals surface area contributed by atoms with Gasteiger partial charge in [-0.25, -0.2) is 0 Å². The molecule has 3 fully saturated rings. The number of carbonyl (C=O) groups is 3. The van der Waals surface area contributed by atoms with Crippen molar-refractivity contribution in [3.63, 3.8) is 0 Å². The van der Waals surface area contributed by atoms with Gasteiger partial charge in [-0.1, -0.05) is 52.7 Å². The summed E-state index contributed by atoms with van der Waals surface area (Å²) in [5.74, 6) is -2.73. The summed E-state index contributed by atoms with van der Waals surface area (Å²) in [4.78, 5) is 42.5. The second-order valence-electron chi connectivity index (χ2n) is 9.51. The first-order chi connectivity index (χ1) is 17.3. The first kappa shape index (κ1) is 25.2. The molecule has 2 aromatic carbocycles. The molecule has 3 unspecified atom stereocenters. The van der Waals surface area contributed by atoms with Crippen LogP contribution in [0.2, 0.25) is 5.02 Å². The van der Waals surface area contributed by atoms with Crippen LogP contribution in [0.25, 0.3) is 0 Å². The molecule has 190 valence electrons. The van der Waals surface area contributed by atoms with Gasteiger partial charge in [0.2, 0.25) is 17.7 Å². The van der Waals surface area contributed by atoms with Crippen LogP contribution in [0.1, 0.15) is 19.8 Å². The van der Waals surface area contributed by atoms with E-state index in [1.165, 1.54) is 4.90 Å². The SMILES string of the molecule is CC[C@@H](CO)N1C(=O)[C@@H]2[C@@H](C(=O)Nc3ccccc3)[C@@H]3OC2(CC3Br)C1C(=O)Nc1ccc(Cl)cc1. The molecule has 36 heavy (non-hydrogen) atoms. The lowest BCUT2D eigenvalue weighted by Crippen LogP contribution is -2.56. The number of para-hydroxylation sites is 1. The molecule has 10 heteroatoms. The maximum Gasteiger partial charge on any atom is 0.250 e. The van der Waals surface area contributed by atoms with Gasteiger partial charge in [-0.3, -0.25) is 14.4 Å². The second kappa shape index (κ2) is 9.78. The molecule has 0 aliphatic carbocycles. The third kappa shape index (κ3) is 4.02. The number of benzene rings is 2. The van der Waals surface area contributed by atoms with Crippen molar-refractivity contribution in [3.05, 3.63) is 59.6 Å². The van der Waals surface area contributed by atoms with E-state index in [-0.39, 0.29) is 23.2 Å². The highest BCUT2D eigenvalue weighted by Gasteiger charge is 2.77. The molecule has 5 rings (SSSR count). The number of aliphatic hydroxyl groups excluding tert-OH is 1. The number of rotatable bonds is 7. The van der Waals surface area contributed by atoms with Gasteiger partial charge >= 0.3 is 0 Å². The Morgan fingerprint density at radius 2 is 1.78 bits per heavy atom. The van der Waals surface area contributed by atoms with Gasteiger partial charge in [0.1, 0.15) is 11.6 Å². The van der Waals surface area contributed by atoms with Crippen molar-refractivity contribution >= 4 is 56.6 Å². The summed E-state index contributed by atoms with van der Waals surface area (Å²) in [6, 6.07) is 14.1. The van der Waals surface area contributed by atoms with Gasteiger partial charge in [0.15, 0.2) is 0 Å². The summed E-state index contributed by atoms with van der Waals surface area (Å²) in [5, 5.41) is 16.4. The number of carbonyl (C=O) groups excluding carboxylic acids is 3. The number of likely N-dealkylation sites (tertiary alicyclic amines) is 1. The number of hydrogen-bond acceptors (Lipinski definition) is 5. The van der Waals surface area contributed by atoms with Crippen molar-refractivity contribution in [1.29, 1.82) is 0 Å². The summed E-state index contributed by atoms with van der Waals surface area (Å²) < 4.78 is 6.46. The molecule has 2 bridgehead atoms. The van der Waals surface area contributed by atoms with Crippen LogP contribution in [-0.2, 0) is 19.1 Å². The number of anilines is 2. The van der Waals surface area contributed by atoms with Crippen LogP contribution >= 0.6 is 27.5 Å². The van der Waals surface area contributed by atoms with E-state index in [1.54, 1.807) is 36.4 Å². The monoisotopic (exact) mass is 575 g/mol. The fourth-order valence-corrected chi connectivity index (χ4v) is 7.03. The maximum atomic E-state index is 14.0. The average Bonchev–Trinajstić information content (AvgIpc) is 3.46. The van der Waals surface area contributed by atoms with E-state index in [9.17, 15) is 19.5 Å². The van der Waals surface area contributed by atoms with Gasteiger partial charge in [0.05, 0.1) is 30.6 Å². The van der Waals surface area contributed by atoms with E-state index < -0.39 is 41.5 Å². The number of ether oxygens (including phenoxy) is 1. The van der Waals surface area contributed by atoms with Gasteiger partial charge in [-0.05, 0) is 49.2 Å². The average molecular weight is 577 g/mol. The van der Waals surface area contributed by atoms with Gasteiger partial charge in [0.25, 0.3) is 0 Å². The molecule has 3 saturated heterocycles. The Morgan fingerprint density at radius 3 is 2.42 bits per heavy atom. The van der Waals surface area contributed by atoms with Crippen molar-refractivity contribution in [2.75, 3.05) is 17.2 Å². The van der Waals surface area contributed by atoms with Gasteiger partial charge in [0, 0.05) is 21.2 Å². The number of halogens is 2. The molecule has 0 radical (unpaired) electrons. The van der Waals surface area contributed by atoms with Gasteiger partial charge in [-0.2, -0.15) is 0 Å². The number of fused-ring (bicyclic) bond motifs is 1. The maximum absolute atomic E-state index is 14.0. The molecule has 3 amide bonds. The van der Waals surface area contributed by atoms with Crippen LogP contribution < -0.4 is 10.6 Å². The van der Waals surface area contributed by atoms with Gasteiger partial charge < -0.3 is 25.4 Å². The molecule has 7 atom stereocenters. The predicted octanol–water partition coefficient (Wildman–Crippen LogP) is 3.44. The topological polar surface area (TPSA) is 108 Å². The normalized spacial score (nSPS) is 31.3. The van der Waals surface area contributed by atoms with Crippen LogP contribution in [0.5, 0.6) is 0 Å².